The maximum absolute atomic E-state index is 15.9. The number of pyridine rings is 1. The first-order chi connectivity index (χ1) is 22.2. The molecular formula is C36H40FN7O2. The lowest BCUT2D eigenvalue weighted by molar-refractivity contribution is -0.128. The highest BCUT2D eigenvalue weighted by Crippen LogP contribution is 2.40. The number of piperidine rings is 1. The monoisotopic (exact) mass is 621 g/mol. The molecule has 10 heteroatoms. The summed E-state index contributed by atoms with van der Waals surface area (Å²) in [5.41, 5.74) is 3.57. The van der Waals surface area contributed by atoms with Gasteiger partial charge in [0, 0.05) is 55.9 Å². The summed E-state index contributed by atoms with van der Waals surface area (Å²) in [5.74, 6) is -0.0711. The molecule has 0 aliphatic carbocycles. The number of rotatable bonds is 7. The minimum Gasteiger partial charge on any atom is -0.473 e. The van der Waals surface area contributed by atoms with Gasteiger partial charge in [0.15, 0.2) is 0 Å². The van der Waals surface area contributed by atoms with Gasteiger partial charge in [0.05, 0.1) is 36.5 Å². The lowest BCUT2D eigenvalue weighted by Crippen LogP contribution is -2.55. The van der Waals surface area contributed by atoms with E-state index in [0.717, 1.165) is 29.2 Å². The van der Waals surface area contributed by atoms with Crippen LogP contribution in [0, 0.1) is 29.6 Å². The zero-order chi connectivity index (χ0) is 32.4. The molecule has 46 heavy (non-hydrogen) atoms. The number of benzene rings is 2. The van der Waals surface area contributed by atoms with Crippen molar-refractivity contribution in [1.29, 1.82) is 10.5 Å². The first kappa shape index (κ1) is 31.3. The summed E-state index contributed by atoms with van der Waals surface area (Å²) in [6.07, 6.45) is 2.78. The summed E-state index contributed by atoms with van der Waals surface area (Å²) >= 11 is 0. The molecule has 2 saturated heterocycles. The van der Waals surface area contributed by atoms with E-state index in [2.05, 4.69) is 76.7 Å². The van der Waals surface area contributed by atoms with E-state index in [-0.39, 0.29) is 36.4 Å². The zero-order valence-corrected chi connectivity index (χ0v) is 26.6. The molecule has 6 rings (SSSR count). The van der Waals surface area contributed by atoms with Crippen LogP contribution >= 0.6 is 0 Å². The molecule has 0 unspecified atom stereocenters. The van der Waals surface area contributed by atoms with E-state index in [4.69, 9.17) is 9.72 Å². The Morgan fingerprint density at radius 2 is 1.89 bits per heavy atom. The highest BCUT2D eigenvalue weighted by molar-refractivity contribution is 5.97. The fourth-order valence-electron chi connectivity index (χ4n) is 7.17. The number of ether oxygens (including phenoxy) is 1. The molecule has 0 saturated carbocycles. The largest absolute Gasteiger partial charge is 0.473 e. The standard InChI is InChI=1S/C36H40FN7O2/c1-4-32(45)44-20-19-43(22-27(44)11-15-38)34-28-12-16-42(31-10-6-9-26-8-5-7-25(2)33(26)31)23-30(28)40-35(29(34)21-39)46-24-36(37)13-17-41(3)18-14-36/h4-10,27H,1,11-14,16-20,22-24H2,2-3H3/t27-/m0/s1. The molecular weight excluding hydrogens is 581 g/mol. The number of nitriles is 2. The van der Waals surface area contributed by atoms with Crippen molar-refractivity contribution in [3.05, 3.63) is 71.4 Å². The normalized spacial score (nSPS) is 19.7. The van der Waals surface area contributed by atoms with Crippen LogP contribution in [0.1, 0.15) is 41.6 Å². The van der Waals surface area contributed by atoms with E-state index < -0.39 is 5.67 Å². The molecule has 238 valence electrons. The quantitative estimate of drug-likeness (QED) is 0.344. The molecule has 3 aliphatic rings. The van der Waals surface area contributed by atoms with Crippen LogP contribution in [0.2, 0.25) is 0 Å². The smallest absolute Gasteiger partial charge is 0.246 e. The number of amides is 1. The van der Waals surface area contributed by atoms with Gasteiger partial charge in [-0.25, -0.2) is 9.37 Å². The van der Waals surface area contributed by atoms with Gasteiger partial charge in [0.25, 0.3) is 0 Å². The predicted octanol–water partition coefficient (Wildman–Crippen LogP) is 4.91. The van der Waals surface area contributed by atoms with Crippen molar-refractivity contribution in [1.82, 2.24) is 14.8 Å². The highest BCUT2D eigenvalue weighted by Gasteiger charge is 2.37. The van der Waals surface area contributed by atoms with Crippen molar-refractivity contribution in [3.63, 3.8) is 0 Å². The maximum Gasteiger partial charge on any atom is 0.246 e. The molecule has 2 fully saturated rings. The lowest BCUT2D eigenvalue weighted by Gasteiger charge is -2.43. The maximum atomic E-state index is 15.9. The molecule has 0 N–H and O–H groups in total. The molecule has 9 nitrogen and oxygen atoms in total. The van der Waals surface area contributed by atoms with Gasteiger partial charge in [-0.3, -0.25) is 4.79 Å². The minimum absolute atomic E-state index is 0.143. The number of hydrogen-bond donors (Lipinski definition) is 0. The van der Waals surface area contributed by atoms with E-state index in [9.17, 15) is 15.3 Å². The summed E-state index contributed by atoms with van der Waals surface area (Å²) < 4.78 is 22.0. The van der Waals surface area contributed by atoms with Crippen molar-refractivity contribution >= 4 is 28.1 Å². The number of nitrogens with zero attached hydrogens (tertiary/aromatic N) is 7. The van der Waals surface area contributed by atoms with Gasteiger partial charge in [-0.15, -0.1) is 0 Å². The number of halogens is 1. The third kappa shape index (κ3) is 5.98. The van der Waals surface area contributed by atoms with E-state index in [1.54, 1.807) is 4.90 Å². The number of hydrogen-bond acceptors (Lipinski definition) is 8. The van der Waals surface area contributed by atoms with E-state index >= 15 is 4.39 Å². The Labute approximate surface area is 270 Å². The molecule has 2 aromatic carbocycles. The molecule has 3 aromatic rings. The molecule has 0 bridgehead atoms. The van der Waals surface area contributed by atoms with Gasteiger partial charge in [0.1, 0.15) is 23.9 Å². The van der Waals surface area contributed by atoms with Crippen LogP contribution in [0.25, 0.3) is 10.8 Å². The number of alkyl halides is 1. The Balaban J connectivity index is 1.40. The summed E-state index contributed by atoms with van der Waals surface area (Å²) in [6, 6.07) is 16.8. The fourth-order valence-corrected chi connectivity index (χ4v) is 7.17. The van der Waals surface area contributed by atoms with Crippen LogP contribution < -0.4 is 14.5 Å². The van der Waals surface area contributed by atoms with E-state index in [0.29, 0.717) is 58.5 Å². The Hall–Kier alpha value is -4.67. The second kappa shape index (κ2) is 13.0. The van der Waals surface area contributed by atoms with Gasteiger partial charge in [-0.1, -0.05) is 36.9 Å². The van der Waals surface area contributed by atoms with Crippen molar-refractivity contribution in [2.75, 3.05) is 62.7 Å². The van der Waals surface area contributed by atoms with Crippen molar-refractivity contribution < 1.29 is 13.9 Å². The fraction of sp³-hybridized carbons (Fsp3) is 0.444. The number of aromatic nitrogens is 1. The number of carbonyl (C=O) groups excluding carboxylic acids is 1. The Bertz CT molecular complexity index is 1730. The minimum atomic E-state index is -1.50. The molecule has 0 radical (unpaired) electrons. The second-order valence-corrected chi connectivity index (χ2v) is 12.7. The number of anilines is 2. The van der Waals surface area contributed by atoms with Gasteiger partial charge in [-0.2, -0.15) is 10.5 Å². The third-order valence-corrected chi connectivity index (χ3v) is 9.77. The van der Waals surface area contributed by atoms with Crippen LogP contribution in [-0.2, 0) is 17.8 Å². The van der Waals surface area contributed by atoms with Crippen LogP contribution in [0.4, 0.5) is 15.8 Å². The number of piperazine rings is 1. The Morgan fingerprint density at radius 1 is 1.13 bits per heavy atom. The van der Waals surface area contributed by atoms with Crippen LogP contribution in [0.15, 0.2) is 49.1 Å². The second-order valence-electron chi connectivity index (χ2n) is 12.7. The predicted molar refractivity (Wildman–Crippen MR) is 177 cm³/mol. The molecule has 4 heterocycles. The van der Waals surface area contributed by atoms with Crippen molar-refractivity contribution in [2.45, 2.75) is 50.9 Å². The van der Waals surface area contributed by atoms with Gasteiger partial charge in [0.2, 0.25) is 11.8 Å². The molecule has 0 spiro atoms. The van der Waals surface area contributed by atoms with Gasteiger partial charge >= 0.3 is 0 Å². The number of likely N-dealkylation sites (tertiary alicyclic amines) is 1. The lowest BCUT2D eigenvalue weighted by atomic mass is 9.94. The summed E-state index contributed by atoms with van der Waals surface area (Å²) in [6.45, 7) is 9.32. The van der Waals surface area contributed by atoms with Crippen molar-refractivity contribution in [2.24, 2.45) is 0 Å². The topological polar surface area (TPSA) is 99.7 Å². The van der Waals surface area contributed by atoms with Crippen molar-refractivity contribution in [3.8, 4) is 18.0 Å². The number of fused-ring (bicyclic) bond motifs is 2. The summed E-state index contributed by atoms with van der Waals surface area (Å²) in [5, 5.41) is 22.5. The average molecular weight is 622 g/mol. The van der Waals surface area contributed by atoms with Crippen LogP contribution in [0.3, 0.4) is 0 Å². The Kier molecular flexibility index (Phi) is 8.84. The molecule has 1 atom stereocenters. The van der Waals surface area contributed by atoms with Gasteiger partial charge < -0.3 is 24.3 Å². The van der Waals surface area contributed by atoms with Crippen LogP contribution in [-0.4, -0.2) is 85.3 Å². The first-order valence-electron chi connectivity index (χ1n) is 16.0. The highest BCUT2D eigenvalue weighted by atomic mass is 19.1. The number of carbonyl (C=O) groups is 1. The summed E-state index contributed by atoms with van der Waals surface area (Å²) in [7, 11) is 1.98. The Morgan fingerprint density at radius 3 is 2.61 bits per heavy atom. The SMILES string of the molecule is C=CC(=O)N1CCN(c2c(C#N)c(OCC3(F)CCN(C)CC3)nc3c2CCN(c2cccc4cccc(C)c24)C3)C[C@@H]1CC#N. The molecule has 1 aromatic heterocycles. The third-order valence-electron chi connectivity index (χ3n) is 9.77. The number of aryl methyl sites for hydroxylation is 1. The zero-order valence-electron chi connectivity index (χ0n) is 26.6. The van der Waals surface area contributed by atoms with E-state index in [1.807, 2.05) is 7.05 Å². The van der Waals surface area contributed by atoms with Crippen LogP contribution in [0.5, 0.6) is 5.88 Å². The summed E-state index contributed by atoms with van der Waals surface area (Å²) in [4.78, 5) is 25.8. The van der Waals surface area contributed by atoms with Gasteiger partial charge in [-0.05, 0) is 56.3 Å². The first-order valence-corrected chi connectivity index (χ1v) is 16.0. The van der Waals surface area contributed by atoms with E-state index in [1.165, 1.54) is 22.4 Å². The average Bonchev–Trinajstić information content (AvgIpc) is 3.07. The molecule has 3 aliphatic heterocycles. The molecule has 1 amide bonds.